The predicted octanol–water partition coefficient (Wildman–Crippen LogP) is 5.09. The van der Waals surface area contributed by atoms with E-state index in [0.717, 1.165) is 63.1 Å². The van der Waals surface area contributed by atoms with Gasteiger partial charge in [-0.1, -0.05) is 51.0 Å². The Labute approximate surface area is 219 Å². The van der Waals surface area contributed by atoms with Crippen LogP contribution in [0, 0.1) is 17.8 Å². The molecule has 0 spiro atoms. The Morgan fingerprint density at radius 1 is 1.22 bits per heavy atom. The van der Waals surface area contributed by atoms with Gasteiger partial charge in [0.1, 0.15) is 0 Å². The Morgan fingerprint density at radius 2 is 2.00 bits per heavy atom. The van der Waals surface area contributed by atoms with Crippen LogP contribution in [-0.2, 0) is 16.8 Å². The predicted molar refractivity (Wildman–Crippen MR) is 147 cm³/mol. The molecule has 36 heavy (non-hydrogen) atoms. The molecule has 1 aromatic carbocycles. The number of methoxy groups -OCH3 is 1. The summed E-state index contributed by atoms with van der Waals surface area (Å²) in [6.45, 7) is 7.20. The topological polar surface area (TPSA) is 73.8 Å². The number of aryl methyl sites for hydroxylation is 1. The van der Waals surface area contributed by atoms with Gasteiger partial charge in [-0.2, -0.15) is 0 Å². The van der Waals surface area contributed by atoms with E-state index < -0.39 is 5.60 Å². The van der Waals surface area contributed by atoms with Gasteiger partial charge >= 0.3 is 6.03 Å². The molecule has 0 bridgehead atoms. The zero-order valence-electron chi connectivity index (χ0n) is 23.2. The molecule has 1 aliphatic heterocycles. The molecular weight excluding hydrogens is 450 g/mol. The highest BCUT2D eigenvalue weighted by Crippen LogP contribution is 2.42. The van der Waals surface area contributed by atoms with E-state index >= 15 is 0 Å². The number of nitrogens with zero attached hydrogens (tertiary/aromatic N) is 1. The zero-order chi connectivity index (χ0) is 26.0. The van der Waals surface area contributed by atoms with E-state index in [2.05, 4.69) is 48.7 Å². The smallest absolute Gasteiger partial charge is 0.317 e. The lowest BCUT2D eigenvalue weighted by Gasteiger charge is -2.44. The maximum atomic E-state index is 13.3. The van der Waals surface area contributed by atoms with Gasteiger partial charge in [0.05, 0.1) is 5.60 Å². The van der Waals surface area contributed by atoms with Crippen molar-refractivity contribution in [1.82, 2.24) is 15.5 Å². The van der Waals surface area contributed by atoms with Gasteiger partial charge in [-0.05, 0) is 81.4 Å². The molecule has 6 nitrogen and oxygen atoms in total. The monoisotopic (exact) mass is 501 g/mol. The fourth-order valence-corrected chi connectivity index (χ4v) is 5.95. The summed E-state index contributed by atoms with van der Waals surface area (Å²) in [5, 5.41) is 18.9. The van der Waals surface area contributed by atoms with Crippen LogP contribution < -0.4 is 10.6 Å². The van der Waals surface area contributed by atoms with Crippen LogP contribution in [0.25, 0.3) is 0 Å². The number of urea groups is 1. The van der Waals surface area contributed by atoms with Crippen molar-refractivity contribution in [2.75, 3.05) is 40.4 Å². The molecule has 3 rings (SSSR count). The van der Waals surface area contributed by atoms with E-state index in [1.807, 2.05) is 11.9 Å². The van der Waals surface area contributed by atoms with Gasteiger partial charge < -0.3 is 25.4 Å². The van der Waals surface area contributed by atoms with Crippen LogP contribution in [0.4, 0.5) is 4.79 Å². The third kappa shape index (κ3) is 8.46. The fourth-order valence-electron chi connectivity index (χ4n) is 5.95. The molecule has 204 valence electrons. The third-order valence-electron chi connectivity index (χ3n) is 8.08. The fraction of sp³-hybridized carbons (Fsp3) is 0.767. The van der Waals surface area contributed by atoms with Crippen LogP contribution in [0.5, 0.6) is 0 Å². The molecule has 1 saturated heterocycles. The summed E-state index contributed by atoms with van der Waals surface area (Å²) in [7, 11) is 3.67. The van der Waals surface area contributed by atoms with Gasteiger partial charge in [-0.15, -0.1) is 0 Å². The molecular formula is C30H51N3O3. The number of likely N-dealkylation sites (N-methyl/N-ethyl adjacent to an activating group) is 1. The maximum absolute atomic E-state index is 13.3. The number of carbonyl (C=O) groups excluding carboxylic acids is 1. The lowest BCUT2D eigenvalue weighted by atomic mass is 9.72. The van der Waals surface area contributed by atoms with Crippen molar-refractivity contribution in [3.05, 3.63) is 35.4 Å². The van der Waals surface area contributed by atoms with Gasteiger partial charge in [-0.3, -0.25) is 0 Å². The average molecular weight is 502 g/mol. The SMILES string of the molecule is CNC[C@H](CC(C)C)NC(=O)N1CCC[C@@H]([C@@](O)(CCCCOC)c2ccccc2CCC2CC2)C1. The summed E-state index contributed by atoms with van der Waals surface area (Å²) in [4.78, 5) is 15.3. The number of aliphatic hydroxyl groups is 1. The van der Waals surface area contributed by atoms with E-state index in [1.54, 1.807) is 7.11 Å². The second kappa shape index (κ2) is 14.3. The number of piperidine rings is 1. The quantitative estimate of drug-likeness (QED) is 0.293. The van der Waals surface area contributed by atoms with E-state index in [0.29, 0.717) is 25.5 Å². The number of amides is 2. The van der Waals surface area contributed by atoms with Crippen molar-refractivity contribution in [2.45, 2.75) is 89.7 Å². The largest absolute Gasteiger partial charge is 0.385 e. The average Bonchev–Trinajstić information content (AvgIpc) is 3.70. The summed E-state index contributed by atoms with van der Waals surface area (Å²) in [6.07, 6.45) is 10.3. The summed E-state index contributed by atoms with van der Waals surface area (Å²) in [6, 6.07) is 8.64. The molecule has 0 radical (unpaired) electrons. The summed E-state index contributed by atoms with van der Waals surface area (Å²) >= 11 is 0. The number of ether oxygens (including phenoxy) is 1. The van der Waals surface area contributed by atoms with Crippen LogP contribution >= 0.6 is 0 Å². The van der Waals surface area contributed by atoms with Crippen LogP contribution in [0.1, 0.15) is 82.8 Å². The van der Waals surface area contributed by atoms with Crippen molar-refractivity contribution in [2.24, 2.45) is 17.8 Å². The Kier molecular flexibility index (Phi) is 11.5. The Bertz CT molecular complexity index is 797. The number of hydrogen-bond donors (Lipinski definition) is 3. The molecule has 2 amide bonds. The van der Waals surface area contributed by atoms with Gasteiger partial charge in [0.15, 0.2) is 0 Å². The number of unbranched alkanes of at least 4 members (excludes halogenated alkanes) is 1. The normalized spacial score (nSPS) is 20.8. The Hall–Kier alpha value is -1.63. The highest BCUT2D eigenvalue weighted by molar-refractivity contribution is 5.74. The Balaban J connectivity index is 1.77. The number of rotatable bonds is 15. The minimum atomic E-state index is -0.935. The van der Waals surface area contributed by atoms with Crippen molar-refractivity contribution < 1.29 is 14.6 Å². The van der Waals surface area contributed by atoms with Gasteiger partial charge in [0.25, 0.3) is 0 Å². The van der Waals surface area contributed by atoms with Gasteiger partial charge in [0.2, 0.25) is 0 Å². The first-order valence-corrected chi connectivity index (χ1v) is 14.4. The van der Waals surface area contributed by atoms with Crippen LogP contribution in [0.3, 0.4) is 0 Å². The van der Waals surface area contributed by atoms with E-state index in [9.17, 15) is 9.90 Å². The van der Waals surface area contributed by atoms with E-state index in [4.69, 9.17) is 4.74 Å². The summed E-state index contributed by atoms with van der Waals surface area (Å²) < 4.78 is 5.29. The molecule has 1 heterocycles. The standard InChI is InChI=1S/C30H51N3O3/c1-23(2)20-27(21-31-3)32-29(34)33-18-9-11-26(22-33)30(35,17-7-8-19-36-4)28-12-6-5-10-25(28)16-15-24-13-14-24/h5-6,10,12,23-24,26-27,31,35H,7-9,11,13-22H2,1-4H3,(H,32,34)/t26-,27+,30+/m1/s1. The van der Waals surface area contributed by atoms with Crippen molar-refractivity contribution >= 4 is 6.03 Å². The van der Waals surface area contributed by atoms with E-state index in [-0.39, 0.29) is 18.0 Å². The Morgan fingerprint density at radius 3 is 2.69 bits per heavy atom. The van der Waals surface area contributed by atoms with Crippen molar-refractivity contribution in [3.8, 4) is 0 Å². The molecule has 3 N–H and O–H groups in total. The number of hydrogen-bond acceptors (Lipinski definition) is 4. The summed E-state index contributed by atoms with van der Waals surface area (Å²) in [5.74, 6) is 1.40. The van der Waals surface area contributed by atoms with E-state index in [1.165, 1.54) is 24.8 Å². The molecule has 2 aliphatic rings. The number of likely N-dealkylation sites (tertiary alicyclic amines) is 1. The first-order chi connectivity index (χ1) is 17.4. The molecule has 0 unspecified atom stereocenters. The van der Waals surface area contributed by atoms with Crippen LogP contribution in [-0.4, -0.2) is 62.5 Å². The van der Waals surface area contributed by atoms with Crippen molar-refractivity contribution in [3.63, 3.8) is 0 Å². The van der Waals surface area contributed by atoms with Crippen LogP contribution in [0.15, 0.2) is 24.3 Å². The molecule has 1 saturated carbocycles. The number of benzene rings is 1. The van der Waals surface area contributed by atoms with Crippen molar-refractivity contribution in [1.29, 1.82) is 0 Å². The molecule has 2 fully saturated rings. The van der Waals surface area contributed by atoms with Gasteiger partial charge in [0, 0.05) is 45.3 Å². The highest BCUT2D eigenvalue weighted by Gasteiger charge is 2.42. The molecule has 6 heteroatoms. The minimum absolute atomic E-state index is 0.00403. The number of nitrogens with one attached hydrogen (secondary N) is 2. The molecule has 3 atom stereocenters. The molecule has 1 aromatic rings. The molecule has 1 aliphatic carbocycles. The summed E-state index contributed by atoms with van der Waals surface area (Å²) in [5.41, 5.74) is 1.43. The first kappa shape index (κ1) is 28.9. The third-order valence-corrected chi connectivity index (χ3v) is 8.08. The number of carbonyl (C=O) groups is 1. The lowest BCUT2D eigenvalue weighted by molar-refractivity contribution is -0.0570. The van der Waals surface area contributed by atoms with Crippen LogP contribution in [0.2, 0.25) is 0 Å². The van der Waals surface area contributed by atoms with Gasteiger partial charge in [-0.25, -0.2) is 4.79 Å². The minimum Gasteiger partial charge on any atom is -0.385 e. The highest BCUT2D eigenvalue weighted by atomic mass is 16.5. The second-order valence-corrected chi connectivity index (χ2v) is 11.6. The first-order valence-electron chi connectivity index (χ1n) is 14.4. The maximum Gasteiger partial charge on any atom is 0.317 e. The lowest BCUT2D eigenvalue weighted by Crippen LogP contribution is -2.54. The molecule has 0 aromatic heterocycles. The second-order valence-electron chi connectivity index (χ2n) is 11.6. The zero-order valence-corrected chi connectivity index (χ0v) is 23.2.